The maximum absolute atomic E-state index is 6.15. The number of hydrogen-bond donors (Lipinski definition) is 2. The summed E-state index contributed by atoms with van der Waals surface area (Å²) in [5.74, 6) is 1.02. The van der Waals surface area contributed by atoms with Gasteiger partial charge >= 0.3 is 0 Å². The predicted octanol–water partition coefficient (Wildman–Crippen LogP) is 4.84. The van der Waals surface area contributed by atoms with Gasteiger partial charge in [0.2, 0.25) is 5.95 Å². The molecule has 1 aromatic heterocycles. The van der Waals surface area contributed by atoms with Crippen molar-refractivity contribution in [3.63, 3.8) is 0 Å². The molecule has 0 unspecified atom stereocenters. The SMILES string of the molecule is Cc1cc(Cl)ccc1Nc1nncc(NCc2ccccc2Cl)n1. The molecule has 1 heterocycles. The van der Waals surface area contributed by atoms with E-state index in [4.69, 9.17) is 23.2 Å². The van der Waals surface area contributed by atoms with Crippen molar-refractivity contribution < 1.29 is 0 Å². The summed E-state index contributed by atoms with van der Waals surface area (Å²) >= 11 is 12.1. The second kappa shape index (κ2) is 7.47. The van der Waals surface area contributed by atoms with E-state index in [-0.39, 0.29) is 0 Å². The number of aryl methyl sites for hydroxylation is 1. The van der Waals surface area contributed by atoms with Crippen molar-refractivity contribution >= 4 is 40.7 Å². The summed E-state index contributed by atoms with van der Waals surface area (Å²) in [4.78, 5) is 4.40. The van der Waals surface area contributed by atoms with Crippen molar-refractivity contribution in [1.29, 1.82) is 0 Å². The number of nitrogens with one attached hydrogen (secondary N) is 2. The largest absolute Gasteiger partial charge is 0.364 e. The Bertz CT molecular complexity index is 854. The van der Waals surface area contributed by atoms with Crippen LogP contribution in [0.15, 0.2) is 48.7 Å². The maximum Gasteiger partial charge on any atom is 0.249 e. The number of aromatic nitrogens is 3. The minimum atomic E-state index is 0.407. The van der Waals surface area contributed by atoms with Gasteiger partial charge in [0.1, 0.15) is 0 Å². The lowest BCUT2D eigenvalue weighted by Gasteiger charge is -2.10. The molecule has 0 saturated carbocycles. The lowest BCUT2D eigenvalue weighted by Crippen LogP contribution is -2.06. The van der Waals surface area contributed by atoms with E-state index < -0.39 is 0 Å². The van der Waals surface area contributed by atoms with Crippen LogP contribution in [0.3, 0.4) is 0 Å². The molecule has 0 saturated heterocycles. The smallest absolute Gasteiger partial charge is 0.249 e. The highest BCUT2D eigenvalue weighted by Gasteiger charge is 2.05. The number of halogens is 2. The van der Waals surface area contributed by atoms with Gasteiger partial charge in [0.15, 0.2) is 5.82 Å². The second-order valence-electron chi connectivity index (χ2n) is 5.19. The van der Waals surface area contributed by atoms with Crippen molar-refractivity contribution in [1.82, 2.24) is 15.2 Å². The number of rotatable bonds is 5. The summed E-state index contributed by atoms with van der Waals surface area (Å²) in [6.45, 7) is 2.51. The second-order valence-corrected chi connectivity index (χ2v) is 6.04. The van der Waals surface area contributed by atoms with Crippen molar-refractivity contribution in [2.45, 2.75) is 13.5 Å². The number of hydrogen-bond acceptors (Lipinski definition) is 5. The minimum Gasteiger partial charge on any atom is -0.364 e. The number of benzene rings is 2. The summed E-state index contributed by atoms with van der Waals surface area (Å²) in [6, 6.07) is 13.2. The number of nitrogens with zero attached hydrogens (tertiary/aromatic N) is 3. The van der Waals surface area contributed by atoms with Crippen LogP contribution in [0.4, 0.5) is 17.5 Å². The molecule has 2 N–H and O–H groups in total. The standard InChI is InChI=1S/C17H15Cl2N5/c1-11-8-13(18)6-7-15(11)22-17-23-16(10-21-24-17)20-9-12-4-2-3-5-14(12)19/h2-8,10H,9H2,1H3,(H2,20,22,23,24). The van der Waals surface area contributed by atoms with Crippen molar-refractivity contribution in [3.05, 3.63) is 69.8 Å². The quantitative estimate of drug-likeness (QED) is 0.682. The van der Waals surface area contributed by atoms with Crippen molar-refractivity contribution in [2.24, 2.45) is 0 Å². The molecule has 0 aliphatic heterocycles. The van der Waals surface area contributed by atoms with Gasteiger partial charge in [-0.3, -0.25) is 0 Å². The first kappa shape index (κ1) is 16.5. The molecule has 7 heteroatoms. The van der Waals surface area contributed by atoms with Crippen LogP contribution in [0.2, 0.25) is 10.0 Å². The summed E-state index contributed by atoms with van der Waals surface area (Å²) in [5.41, 5.74) is 2.87. The minimum absolute atomic E-state index is 0.407. The zero-order valence-electron chi connectivity index (χ0n) is 12.9. The van der Waals surface area contributed by atoms with Gasteiger partial charge in [-0.05, 0) is 42.3 Å². The van der Waals surface area contributed by atoms with Gasteiger partial charge in [-0.25, -0.2) is 0 Å². The molecule has 0 aliphatic carbocycles. The third-order valence-corrected chi connectivity index (χ3v) is 4.02. The van der Waals surface area contributed by atoms with Crippen LogP contribution in [0.25, 0.3) is 0 Å². The molecule has 2 aromatic carbocycles. The summed E-state index contributed by atoms with van der Waals surface area (Å²) in [7, 11) is 0. The van der Waals surface area contributed by atoms with Crippen LogP contribution in [-0.2, 0) is 6.54 Å². The summed E-state index contributed by atoms with van der Waals surface area (Å²) in [6.07, 6.45) is 1.57. The van der Waals surface area contributed by atoms with Crippen LogP contribution >= 0.6 is 23.2 Å². The maximum atomic E-state index is 6.15. The van der Waals surface area contributed by atoms with Crippen LogP contribution < -0.4 is 10.6 Å². The Labute approximate surface area is 150 Å². The number of anilines is 3. The highest BCUT2D eigenvalue weighted by molar-refractivity contribution is 6.31. The van der Waals surface area contributed by atoms with E-state index in [1.165, 1.54) is 0 Å². The Morgan fingerprint density at radius 1 is 1.08 bits per heavy atom. The fraction of sp³-hybridized carbons (Fsp3) is 0.118. The lowest BCUT2D eigenvalue weighted by atomic mass is 10.2. The Hall–Kier alpha value is -2.37. The van der Waals surface area contributed by atoms with Crippen LogP contribution in [-0.4, -0.2) is 15.2 Å². The highest BCUT2D eigenvalue weighted by atomic mass is 35.5. The van der Waals surface area contributed by atoms with Crippen molar-refractivity contribution in [3.8, 4) is 0 Å². The molecule has 3 rings (SSSR count). The van der Waals surface area contributed by atoms with E-state index in [0.29, 0.717) is 28.4 Å². The molecule has 0 fully saturated rings. The zero-order valence-corrected chi connectivity index (χ0v) is 14.4. The molecular formula is C17H15Cl2N5. The summed E-state index contributed by atoms with van der Waals surface area (Å²) < 4.78 is 0. The summed E-state index contributed by atoms with van der Waals surface area (Å²) in [5, 5.41) is 15.7. The van der Waals surface area contributed by atoms with Crippen LogP contribution in [0.1, 0.15) is 11.1 Å². The molecule has 5 nitrogen and oxygen atoms in total. The molecule has 122 valence electrons. The first-order valence-corrected chi connectivity index (χ1v) is 8.07. The normalized spacial score (nSPS) is 10.5. The predicted molar refractivity (Wildman–Crippen MR) is 98.1 cm³/mol. The van der Waals surface area contributed by atoms with Gasteiger partial charge in [0.05, 0.1) is 6.20 Å². The fourth-order valence-electron chi connectivity index (χ4n) is 2.16. The van der Waals surface area contributed by atoms with Crippen molar-refractivity contribution in [2.75, 3.05) is 10.6 Å². The van der Waals surface area contributed by atoms with E-state index >= 15 is 0 Å². The average Bonchev–Trinajstić information content (AvgIpc) is 2.57. The van der Waals surface area contributed by atoms with E-state index in [9.17, 15) is 0 Å². The monoisotopic (exact) mass is 359 g/mol. The lowest BCUT2D eigenvalue weighted by molar-refractivity contribution is 0.965. The molecule has 0 amide bonds. The first-order chi connectivity index (χ1) is 11.6. The topological polar surface area (TPSA) is 62.7 Å². The van der Waals surface area contributed by atoms with E-state index in [1.54, 1.807) is 6.20 Å². The Balaban J connectivity index is 1.71. The van der Waals surface area contributed by atoms with E-state index in [1.807, 2.05) is 49.4 Å². The van der Waals surface area contributed by atoms with E-state index in [0.717, 1.165) is 16.8 Å². The highest BCUT2D eigenvalue weighted by Crippen LogP contribution is 2.22. The molecule has 0 bridgehead atoms. The third-order valence-electron chi connectivity index (χ3n) is 3.41. The van der Waals surface area contributed by atoms with Gasteiger partial charge in [0.25, 0.3) is 0 Å². The van der Waals surface area contributed by atoms with Crippen LogP contribution in [0.5, 0.6) is 0 Å². The zero-order chi connectivity index (χ0) is 16.9. The van der Waals surface area contributed by atoms with Gasteiger partial charge in [-0.1, -0.05) is 41.4 Å². The molecule has 3 aromatic rings. The fourth-order valence-corrected chi connectivity index (χ4v) is 2.59. The molecule has 0 atom stereocenters. The van der Waals surface area contributed by atoms with Gasteiger partial charge in [-0.2, -0.15) is 10.1 Å². The molecule has 0 spiro atoms. The molecule has 0 radical (unpaired) electrons. The molecule has 24 heavy (non-hydrogen) atoms. The van der Waals surface area contributed by atoms with Gasteiger partial charge < -0.3 is 10.6 Å². The Kier molecular flexibility index (Phi) is 5.13. The van der Waals surface area contributed by atoms with Gasteiger partial charge in [-0.15, -0.1) is 5.10 Å². The van der Waals surface area contributed by atoms with E-state index in [2.05, 4.69) is 25.8 Å². The van der Waals surface area contributed by atoms with Gasteiger partial charge in [0, 0.05) is 22.3 Å². The third kappa shape index (κ3) is 4.13. The average molecular weight is 360 g/mol. The molecular weight excluding hydrogens is 345 g/mol. The van der Waals surface area contributed by atoms with Crippen LogP contribution in [0, 0.1) is 6.92 Å². The first-order valence-electron chi connectivity index (χ1n) is 7.32. The Morgan fingerprint density at radius 3 is 2.71 bits per heavy atom. The Morgan fingerprint density at radius 2 is 1.92 bits per heavy atom. The molecule has 0 aliphatic rings.